The Morgan fingerprint density at radius 3 is 2.26 bits per heavy atom. The van der Waals surface area contributed by atoms with Crippen LogP contribution in [0.3, 0.4) is 0 Å². The van der Waals surface area contributed by atoms with E-state index < -0.39 is 18.0 Å². The van der Waals surface area contributed by atoms with Crippen molar-refractivity contribution in [2.45, 2.75) is 19.3 Å². The Hall–Kier alpha value is -1.58. The molecule has 146 valence electrons. The summed E-state index contributed by atoms with van der Waals surface area (Å²) in [4.78, 5) is 15.7. The Balaban J connectivity index is 1.76. The number of nitrogens with zero attached hydrogens (tertiary/aromatic N) is 4. The molecule has 1 aliphatic heterocycles. The highest BCUT2D eigenvalue weighted by molar-refractivity contribution is 9.10. The molecule has 10 heteroatoms. The van der Waals surface area contributed by atoms with Gasteiger partial charge in [0.25, 0.3) is 0 Å². The third-order valence-electron chi connectivity index (χ3n) is 4.60. The second-order valence-corrected chi connectivity index (χ2v) is 7.47. The van der Waals surface area contributed by atoms with Crippen molar-refractivity contribution in [3.05, 3.63) is 45.1 Å². The molecule has 0 saturated carbocycles. The van der Waals surface area contributed by atoms with Crippen molar-refractivity contribution in [2.75, 3.05) is 31.1 Å². The van der Waals surface area contributed by atoms with E-state index in [4.69, 9.17) is 11.6 Å². The molecule has 1 aromatic heterocycles. The first-order chi connectivity index (χ1) is 12.7. The lowest BCUT2D eigenvalue weighted by atomic mass is 10.2. The highest BCUT2D eigenvalue weighted by atomic mass is 79.9. The van der Waals surface area contributed by atoms with E-state index in [0.29, 0.717) is 37.5 Å². The molecule has 1 aromatic carbocycles. The lowest BCUT2D eigenvalue weighted by Crippen LogP contribution is -2.49. The monoisotopic (exact) mass is 464 g/mol. The van der Waals surface area contributed by atoms with Gasteiger partial charge in [-0.2, -0.15) is 18.3 Å². The number of rotatable bonds is 4. The zero-order chi connectivity index (χ0) is 19.8. The first kappa shape index (κ1) is 20.2. The number of aldehydes is 1. The van der Waals surface area contributed by atoms with Gasteiger partial charge in [0.05, 0.1) is 10.2 Å². The van der Waals surface area contributed by atoms with E-state index in [1.54, 1.807) is 12.1 Å². The predicted octanol–water partition coefficient (Wildman–Crippen LogP) is 4.15. The lowest BCUT2D eigenvalue weighted by molar-refractivity contribution is -0.142. The lowest BCUT2D eigenvalue weighted by Gasteiger charge is -2.38. The van der Waals surface area contributed by atoms with Crippen molar-refractivity contribution >= 4 is 39.5 Å². The van der Waals surface area contributed by atoms with Gasteiger partial charge in [-0.15, -0.1) is 0 Å². The quantitative estimate of drug-likeness (QED) is 0.636. The van der Waals surface area contributed by atoms with Gasteiger partial charge in [0.15, 0.2) is 18.1 Å². The maximum atomic E-state index is 13.1. The fourth-order valence-electron chi connectivity index (χ4n) is 3.13. The average molecular weight is 466 g/mol. The standard InChI is InChI=1S/C17H17BrClF3N4O/c1-11-15(18)16(17(20,21)22)23-26(11)14(10-27)25-8-6-24(7-9-25)13-4-2-12(19)3-5-13/h2-5,10,14H,6-9H2,1H3. The van der Waals surface area contributed by atoms with Gasteiger partial charge in [-0.05, 0) is 47.1 Å². The minimum absolute atomic E-state index is 0.137. The Labute approximate surface area is 167 Å². The molecule has 0 radical (unpaired) electrons. The van der Waals surface area contributed by atoms with Gasteiger partial charge >= 0.3 is 6.18 Å². The van der Waals surface area contributed by atoms with Crippen LogP contribution in [0.15, 0.2) is 28.7 Å². The molecule has 0 amide bonds. The molecule has 1 saturated heterocycles. The molecule has 1 fully saturated rings. The molecule has 0 aliphatic carbocycles. The number of hydrogen-bond donors (Lipinski definition) is 0. The number of benzene rings is 1. The van der Waals surface area contributed by atoms with E-state index >= 15 is 0 Å². The summed E-state index contributed by atoms with van der Waals surface area (Å²) in [7, 11) is 0. The summed E-state index contributed by atoms with van der Waals surface area (Å²) in [6.45, 7) is 3.82. The first-order valence-electron chi connectivity index (χ1n) is 8.24. The molecule has 3 rings (SSSR count). The Morgan fingerprint density at radius 2 is 1.78 bits per heavy atom. The van der Waals surface area contributed by atoms with Crippen LogP contribution in [0.25, 0.3) is 0 Å². The van der Waals surface area contributed by atoms with E-state index in [1.165, 1.54) is 6.92 Å². The van der Waals surface area contributed by atoms with Crippen molar-refractivity contribution in [1.82, 2.24) is 14.7 Å². The molecule has 1 aliphatic rings. The molecule has 5 nitrogen and oxygen atoms in total. The van der Waals surface area contributed by atoms with Crippen LogP contribution >= 0.6 is 27.5 Å². The fraction of sp³-hybridized carbons (Fsp3) is 0.412. The molecular weight excluding hydrogens is 449 g/mol. The Bertz CT molecular complexity index is 817. The van der Waals surface area contributed by atoms with Crippen molar-refractivity contribution in [3.63, 3.8) is 0 Å². The van der Waals surface area contributed by atoms with Crippen LogP contribution in [-0.4, -0.2) is 47.1 Å². The van der Waals surface area contributed by atoms with Crippen molar-refractivity contribution in [2.24, 2.45) is 0 Å². The van der Waals surface area contributed by atoms with Gasteiger partial charge in [-0.25, -0.2) is 4.68 Å². The van der Waals surface area contributed by atoms with Crippen LogP contribution < -0.4 is 4.90 Å². The zero-order valence-corrected chi connectivity index (χ0v) is 16.7. The third kappa shape index (κ3) is 4.14. The van der Waals surface area contributed by atoms with Crippen molar-refractivity contribution < 1.29 is 18.0 Å². The summed E-state index contributed by atoms with van der Waals surface area (Å²) in [6, 6.07) is 7.45. The van der Waals surface area contributed by atoms with Crippen LogP contribution in [0, 0.1) is 6.92 Å². The van der Waals surface area contributed by atoms with Crippen LogP contribution in [0.1, 0.15) is 17.6 Å². The number of hydrogen-bond acceptors (Lipinski definition) is 4. The number of aromatic nitrogens is 2. The zero-order valence-electron chi connectivity index (χ0n) is 14.4. The molecule has 1 unspecified atom stereocenters. The van der Waals surface area contributed by atoms with E-state index in [0.717, 1.165) is 10.4 Å². The number of piperazine rings is 1. The normalized spacial score (nSPS) is 17.2. The second-order valence-electron chi connectivity index (χ2n) is 6.24. The molecule has 0 spiro atoms. The van der Waals surface area contributed by atoms with Crippen LogP contribution in [0.2, 0.25) is 5.02 Å². The molecule has 1 atom stereocenters. The predicted molar refractivity (Wildman–Crippen MR) is 100 cm³/mol. The Morgan fingerprint density at radius 1 is 1.19 bits per heavy atom. The minimum atomic E-state index is -4.59. The topological polar surface area (TPSA) is 41.4 Å². The maximum absolute atomic E-state index is 13.1. The highest BCUT2D eigenvalue weighted by Gasteiger charge is 2.39. The number of anilines is 1. The number of halogens is 5. The van der Waals surface area contributed by atoms with E-state index in [1.807, 2.05) is 17.0 Å². The van der Waals surface area contributed by atoms with Gasteiger partial charge in [-0.3, -0.25) is 9.69 Å². The summed E-state index contributed by atoms with van der Waals surface area (Å²) in [5, 5.41) is 4.31. The number of alkyl halides is 3. The van der Waals surface area contributed by atoms with Crippen LogP contribution in [0.4, 0.5) is 18.9 Å². The van der Waals surface area contributed by atoms with E-state index in [9.17, 15) is 18.0 Å². The van der Waals surface area contributed by atoms with Gasteiger partial charge in [0.2, 0.25) is 0 Å². The van der Waals surface area contributed by atoms with E-state index in [2.05, 4.69) is 25.9 Å². The largest absolute Gasteiger partial charge is 0.436 e. The molecule has 0 N–H and O–H groups in total. The van der Waals surface area contributed by atoms with Crippen LogP contribution in [-0.2, 0) is 11.0 Å². The summed E-state index contributed by atoms with van der Waals surface area (Å²) < 4.78 is 40.3. The first-order valence-corrected chi connectivity index (χ1v) is 9.41. The average Bonchev–Trinajstić information content (AvgIpc) is 2.93. The molecule has 0 bridgehead atoms. The van der Waals surface area contributed by atoms with Gasteiger partial charge < -0.3 is 4.90 Å². The van der Waals surface area contributed by atoms with Gasteiger partial charge in [0, 0.05) is 36.9 Å². The SMILES string of the molecule is Cc1c(Br)c(C(F)(F)F)nn1C(C=O)N1CCN(c2ccc(Cl)cc2)CC1. The van der Waals surface area contributed by atoms with Crippen LogP contribution in [0.5, 0.6) is 0 Å². The smallest absolute Gasteiger partial charge is 0.369 e. The fourth-order valence-corrected chi connectivity index (χ4v) is 3.74. The third-order valence-corrected chi connectivity index (χ3v) is 5.80. The summed E-state index contributed by atoms with van der Waals surface area (Å²) in [5.74, 6) is 0. The molecule has 2 heterocycles. The van der Waals surface area contributed by atoms with Crippen molar-refractivity contribution in [1.29, 1.82) is 0 Å². The second kappa shape index (κ2) is 7.81. The molecular formula is C17H17BrClF3N4O. The number of carbonyl (C=O) groups is 1. The Kier molecular flexibility index (Phi) is 5.83. The van der Waals surface area contributed by atoms with E-state index in [-0.39, 0.29) is 10.2 Å². The summed E-state index contributed by atoms with van der Waals surface area (Å²) >= 11 is 8.85. The molecule has 27 heavy (non-hydrogen) atoms. The van der Waals surface area contributed by atoms with Gasteiger partial charge in [0.1, 0.15) is 0 Å². The molecule has 2 aromatic rings. The summed E-state index contributed by atoms with van der Waals surface area (Å²) in [6.07, 6.45) is -4.84. The van der Waals surface area contributed by atoms with Crippen molar-refractivity contribution in [3.8, 4) is 0 Å². The minimum Gasteiger partial charge on any atom is -0.369 e. The highest BCUT2D eigenvalue weighted by Crippen LogP contribution is 2.36. The van der Waals surface area contributed by atoms with Gasteiger partial charge in [-0.1, -0.05) is 11.6 Å². The summed E-state index contributed by atoms with van der Waals surface area (Å²) in [5.41, 5.74) is 0.255. The maximum Gasteiger partial charge on any atom is 0.436 e. The number of carbonyl (C=O) groups excluding carboxylic acids is 1.